The molecule has 100 valence electrons. The maximum Gasteiger partial charge on any atom is 0.257 e. The second-order valence-corrected chi connectivity index (χ2v) is 4.16. The molecule has 1 saturated heterocycles. The van der Waals surface area contributed by atoms with Crippen molar-refractivity contribution in [2.75, 3.05) is 32.9 Å². The van der Waals surface area contributed by atoms with E-state index in [0.29, 0.717) is 24.8 Å². The standard InChI is InChI=1S/C13H20N2O3/c1-2-7-17-12-4-3-5-15-13(12)18-10-11-9-14-6-8-16-11/h3-5,11,14H,2,6-10H2,1H3. The van der Waals surface area contributed by atoms with Gasteiger partial charge in [0.15, 0.2) is 5.75 Å². The second kappa shape index (κ2) is 7.18. The molecule has 1 atom stereocenters. The number of nitrogens with one attached hydrogen (secondary N) is 1. The van der Waals surface area contributed by atoms with E-state index in [1.165, 1.54) is 0 Å². The number of morpholine rings is 1. The SMILES string of the molecule is CCCOc1cccnc1OCC1CNCCO1. The average molecular weight is 252 g/mol. The number of aromatic nitrogens is 1. The minimum atomic E-state index is 0.0831. The molecule has 0 aromatic carbocycles. The fourth-order valence-electron chi connectivity index (χ4n) is 1.70. The number of pyridine rings is 1. The van der Waals surface area contributed by atoms with Crippen molar-refractivity contribution in [1.29, 1.82) is 0 Å². The Kier molecular flexibility index (Phi) is 5.23. The summed E-state index contributed by atoms with van der Waals surface area (Å²) in [7, 11) is 0. The van der Waals surface area contributed by atoms with Crippen LogP contribution in [0.4, 0.5) is 0 Å². The van der Waals surface area contributed by atoms with E-state index in [-0.39, 0.29) is 6.10 Å². The fourth-order valence-corrected chi connectivity index (χ4v) is 1.70. The van der Waals surface area contributed by atoms with E-state index in [0.717, 1.165) is 26.1 Å². The molecule has 2 heterocycles. The lowest BCUT2D eigenvalue weighted by atomic mass is 10.3. The first kappa shape index (κ1) is 13.1. The van der Waals surface area contributed by atoms with Crippen LogP contribution >= 0.6 is 0 Å². The Morgan fingerprint density at radius 3 is 3.22 bits per heavy atom. The van der Waals surface area contributed by atoms with Gasteiger partial charge in [-0.2, -0.15) is 0 Å². The van der Waals surface area contributed by atoms with Gasteiger partial charge >= 0.3 is 0 Å². The van der Waals surface area contributed by atoms with Crippen molar-refractivity contribution < 1.29 is 14.2 Å². The van der Waals surface area contributed by atoms with Gasteiger partial charge in [0, 0.05) is 19.3 Å². The maximum absolute atomic E-state index is 5.67. The van der Waals surface area contributed by atoms with Gasteiger partial charge in [0.25, 0.3) is 5.88 Å². The van der Waals surface area contributed by atoms with Crippen LogP contribution in [-0.4, -0.2) is 44.0 Å². The summed E-state index contributed by atoms with van der Waals surface area (Å²) in [6, 6.07) is 3.72. The minimum Gasteiger partial charge on any atom is -0.488 e. The van der Waals surface area contributed by atoms with Crippen LogP contribution in [0.5, 0.6) is 11.6 Å². The highest BCUT2D eigenvalue weighted by atomic mass is 16.6. The zero-order chi connectivity index (χ0) is 12.6. The molecule has 5 nitrogen and oxygen atoms in total. The van der Waals surface area contributed by atoms with Crippen molar-refractivity contribution in [3.63, 3.8) is 0 Å². The van der Waals surface area contributed by atoms with E-state index in [4.69, 9.17) is 14.2 Å². The van der Waals surface area contributed by atoms with Crippen LogP contribution in [0.1, 0.15) is 13.3 Å². The van der Waals surface area contributed by atoms with E-state index in [9.17, 15) is 0 Å². The summed E-state index contributed by atoms with van der Waals surface area (Å²) in [5.74, 6) is 1.24. The van der Waals surface area contributed by atoms with Crippen molar-refractivity contribution in [2.45, 2.75) is 19.4 Å². The topological polar surface area (TPSA) is 52.6 Å². The predicted molar refractivity (Wildman–Crippen MR) is 68.1 cm³/mol. The lowest BCUT2D eigenvalue weighted by Crippen LogP contribution is -2.41. The monoisotopic (exact) mass is 252 g/mol. The van der Waals surface area contributed by atoms with Crippen LogP contribution < -0.4 is 14.8 Å². The maximum atomic E-state index is 5.67. The van der Waals surface area contributed by atoms with Crippen molar-refractivity contribution in [3.8, 4) is 11.6 Å². The molecule has 0 saturated carbocycles. The molecule has 5 heteroatoms. The summed E-state index contributed by atoms with van der Waals surface area (Å²) in [6.07, 6.45) is 2.75. The highest BCUT2D eigenvalue weighted by Gasteiger charge is 2.15. The largest absolute Gasteiger partial charge is 0.488 e. The van der Waals surface area contributed by atoms with E-state index in [1.807, 2.05) is 12.1 Å². The van der Waals surface area contributed by atoms with Crippen LogP contribution in [0.15, 0.2) is 18.3 Å². The summed E-state index contributed by atoms with van der Waals surface area (Å²) in [4.78, 5) is 4.19. The van der Waals surface area contributed by atoms with Gasteiger partial charge in [-0.3, -0.25) is 0 Å². The Morgan fingerprint density at radius 1 is 1.50 bits per heavy atom. The van der Waals surface area contributed by atoms with Gasteiger partial charge in [0.1, 0.15) is 12.7 Å². The molecule has 1 aromatic rings. The fraction of sp³-hybridized carbons (Fsp3) is 0.615. The molecule has 1 fully saturated rings. The summed E-state index contributed by atoms with van der Waals surface area (Å²) >= 11 is 0. The van der Waals surface area contributed by atoms with Crippen molar-refractivity contribution in [1.82, 2.24) is 10.3 Å². The molecule has 18 heavy (non-hydrogen) atoms. The Labute approximate surface area is 107 Å². The molecule has 1 aliphatic rings. The second-order valence-electron chi connectivity index (χ2n) is 4.16. The normalized spacial score (nSPS) is 19.5. The molecule has 0 bridgehead atoms. The number of ether oxygens (including phenoxy) is 3. The van der Waals surface area contributed by atoms with E-state index in [1.54, 1.807) is 6.20 Å². The van der Waals surface area contributed by atoms with Crippen LogP contribution in [0.2, 0.25) is 0 Å². The molecule has 0 radical (unpaired) electrons. The van der Waals surface area contributed by atoms with Crippen molar-refractivity contribution >= 4 is 0 Å². The van der Waals surface area contributed by atoms with Crippen molar-refractivity contribution in [2.24, 2.45) is 0 Å². The molecule has 0 aliphatic carbocycles. The van der Waals surface area contributed by atoms with Gasteiger partial charge in [-0.15, -0.1) is 0 Å². The number of hydrogen-bond donors (Lipinski definition) is 1. The molecule has 0 spiro atoms. The first-order valence-electron chi connectivity index (χ1n) is 6.43. The number of hydrogen-bond acceptors (Lipinski definition) is 5. The first-order chi connectivity index (χ1) is 8.90. The van der Waals surface area contributed by atoms with Gasteiger partial charge in [-0.05, 0) is 18.6 Å². The smallest absolute Gasteiger partial charge is 0.257 e. The molecule has 1 unspecified atom stereocenters. The lowest BCUT2D eigenvalue weighted by Gasteiger charge is -2.23. The Balaban J connectivity index is 1.87. The Bertz CT molecular complexity index is 354. The zero-order valence-electron chi connectivity index (χ0n) is 10.7. The van der Waals surface area contributed by atoms with Crippen LogP contribution in [0.25, 0.3) is 0 Å². The molecule has 2 rings (SSSR count). The first-order valence-corrected chi connectivity index (χ1v) is 6.43. The Morgan fingerprint density at radius 2 is 2.44 bits per heavy atom. The summed E-state index contributed by atoms with van der Waals surface area (Å²) in [6.45, 7) is 5.69. The quantitative estimate of drug-likeness (QED) is 0.825. The summed E-state index contributed by atoms with van der Waals surface area (Å²) < 4.78 is 16.8. The van der Waals surface area contributed by atoms with Crippen LogP contribution in [0, 0.1) is 0 Å². The molecule has 0 amide bonds. The number of rotatable bonds is 6. The zero-order valence-corrected chi connectivity index (χ0v) is 10.7. The van der Waals surface area contributed by atoms with Gasteiger partial charge in [0.2, 0.25) is 0 Å². The van der Waals surface area contributed by atoms with Gasteiger partial charge < -0.3 is 19.5 Å². The van der Waals surface area contributed by atoms with Gasteiger partial charge in [0.05, 0.1) is 13.2 Å². The highest BCUT2D eigenvalue weighted by Crippen LogP contribution is 2.23. The predicted octanol–water partition coefficient (Wildman–Crippen LogP) is 1.24. The van der Waals surface area contributed by atoms with Gasteiger partial charge in [-0.1, -0.05) is 6.92 Å². The Hall–Kier alpha value is -1.33. The third kappa shape index (κ3) is 3.85. The number of nitrogens with zero attached hydrogens (tertiary/aromatic N) is 1. The molecular weight excluding hydrogens is 232 g/mol. The summed E-state index contributed by atoms with van der Waals surface area (Å²) in [5.41, 5.74) is 0. The summed E-state index contributed by atoms with van der Waals surface area (Å²) in [5, 5.41) is 3.26. The molecule has 1 N–H and O–H groups in total. The third-order valence-corrected chi connectivity index (χ3v) is 2.61. The average Bonchev–Trinajstić information content (AvgIpc) is 2.45. The van der Waals surface area contributed by atoms with Gasteiger partial charge in [-0.25, -0.2) is 4.98 Å². The molecule has 1 aromatic heterocycles. The van der Waals surface area contributed by atoms with Crippen LogP contribution in [-0.2, 0) is 4.74 Å². The van der Waals surface area contributed by atoms with E-state index >= 15 is 0 Å². The molecular formula is C13H20N2O3. The van der Waals surface area contributed by atoms with Crippen LogP contribution in [0.3, 0.4) is 0 Å². The third-order valence-electron chi connectivity index (χ3n) is 2.61. The van der Waals surface area contributed by atoms with E-state index in [2.05, 4.69) is 17.2 Å². The van der Waals surface area contributed by atoms with Crippen molar-refractivity contribution in [3.05, 3.63) is 18.3 Å². The lowest BCUT2D eigenvalue weighted by molar-refractivity contribution is -0.00138. The molecule has 1 aliphatic heterocycles. The highest BCUT2D eigenvalue weighted by molar-refractivity contribution is 5.32. The minimum absolute atomic E-state index is 0.0831. The van der Waals surface area contributed by atoms with E-state index < -0.39 is 0 Å².